The number of rotatable bonds is 1. The van der Waals surface area contributed by atoms with E-state index in [1.807, 2.05) is 19.1 Å². The van der Waals surface area contributed by atoms with Gasteiger partial charge in [0.1, 0.15) is 6.61 Å². The van der Waals surface area contributed by atoms with Crippen LogP contribution in [0.2, 0.25) is 0 Å². The first-order valence-electron chi connectivity index (χ1n) is 5.75. The highest BCUT2D eigenvalue weighted by Gasteiger charge is 2.28. The van der Waals surface area contributed by atoms with Crippen molar-refractivity contribution in [1.29, 1.82) is 0 Å². The Morgan fingerprint density at radius 1 is 1.39 bits per heavy atom. The summed E-state index contributed by atoms with van der Waals surface area (Å²) in [5, 5.41) is 8.68. The normalized spacial score (nSPS) is 17.3. The van der Waals surface area contributed by atoms with E-state index in [2.05, 4.69) is 11.8 Å². The molecule has 1 saturated heterocycles. The third kappa shape index (κ3) is 2.66. The summed E-state index contributed by atoms with van der Waals surface area (Å²) in [6, 6.07) is 5.46. The molecular formula is C13H15NO3S. The van der Waals surface area contributed by atoms with E-state index >= 15 is 0 Å². The molecule has 1 N–H and O–H groups in total. The molecule has 0 saturated carbocycles. The van der Waals surface area contributed by atoms with Crippen molar-refractivity contribution in [2.24, 2.45) is 0 Å². The quantitative estimate of drug-likeness (QED) is 0.767. The zero-order chi connectivity index (χ0) is 13.2. The SMILES string of the molecule is Cc1cc(C#CCO)cc(N2CCCS2(=O)=O)c1. The first-order valence-corrected chi connectivity index (χ1v) is 7.36. The topological polar surface area (TPSA) is 57.6 Å². The molecule has 1 fully saturated rings. The molecule has 1 heterocycles. The smallest absolute Gasteiger partial charge is 0.235 e. The van der Waals surface area contributed by atoms with Crippen molar-refractivity contribution < 1.29 is 13.5 Å². The Labute approximate surface area is 107 Å². The lowest BCUT2D eigenvalue weighted by molar-refractivity contribution is 0.350. The van der Waals surface area contributed by atoms with Gasteiger partial charge in [0.05, 0.1) is 11.4 Å². The third-order valence-electron chi connectivity index (χ3n) is 2.76. The molecule has 96 valence electrons. The van der Waals surface area contributed by atoms with Crippen molar-refractivity contribution >= 4 is 15.7 Å². The van der Waals surface area contributed by atoms with E-state index in [1.54, 1.807) is 6.07 Å². The Hall–Kier alpha value is -1.51. The molecule has 1 aliphatic rings. The highest BCUT2D eigenvalue weighted by atomic mass is 32.2. The first kappa shape index (κ1) is 12.9. The van der Waals surface area contributed by atoms with Gasteiger partial charge in [-0.05, 0) is 37.1 Å². The van der Waals surface area contributed by atoms with Crippen molar-refractivity contribution in [1.82, 2.24) is 0 Å². The highest BCUT2D eigenvalue weighted by molar-refractivity contribution is 7.93. The van der Waals surface area contributed by atoms with Gasteiger partial charge in [-0.1, -0.05) is 11.8 Å². The Balaban J connectivity index is 2.42. The van der Waals surface area contributed by atoms with E-state index < -0.39 is 10.0 Å². The summed E-state index contributed by atoms with van der Waals surface area (Å²) in [5.74, 6) is 5.58. The van der Waals surface area contributed by atoms with Crippen LogP contribution < -0.4 is 4.31 Å². The van der Waals surface area contributed by atoms with Crippen LogP contribution in [-0.4, -0.2) is 32.4 Å². The van der Waals surface area contributed by atoms with Crippen molar-refractivity contribution in [3.05, 3.63) is 29.3 Å². The van der Waals surface area contributed by atoms with Crippen LogP contribution in [0.1, 0.15) is 17.5 Å². The molecule has 0 spiro atoms. The minimum absolute atomic E-state index is 0.203. The molecule has 1 aliphatic heterocycles. The molecule has 1 aromatic rings. The summed E-state index contributed by atoms with van der Waals surface area (Å²) in [4.78, 5) is 0. The van der Waals surface area contributed by atoms with Gasteiger partial charge in [-0.15, -0.1) is 0 Å². The zero-order valence-electron chi connectivity index (χ0n) is 10.2. The summed E-state index contributed by atoms with van der Waals surface area (Å²) < 4.78 is 25.1. The van der Waals surface area contributed by atoms with Gasteiger partial charge in [-0.25, -0.2) is 8.42 Å². The van der Waals surface area contributed by atoms with E-state index in [0.29, 0.717) is 18.7 Å². The molecule has 5 heteroatoms. The Morgan fingerprint density at radius 3 is 2.78 bits per heavy atom. The predicted molar refractivity (Wildman–Crippen MR) is 70.9 cm³/mol. The number of aliphatic hydroxyl groups is 1. The average molecular weight is 265 g/mol. The van der Waals surface area contributed by atoms with Crippen LogP contribution in [-0.2, 0) is 10.0 Å². The van der Waals surface area contributed by atoms with Crippen molar-refractivity contribution in [2.45, 2.75) is 13.3 Å². The maximum Gasteiger partial charge on any atom is 0.235 e. The molecule has 0 radical (unpaired) electrons. The van der Waals surface area contributed by atoms with Crippen LogP contribution in [0.15, 0.2) is 18.2 Å². The molecule has 1 aromatic carbocycles. The van der Waals surface area contributed by atoms with Gasteiger partial charge < -0.3 is 5.11 Å². The van der Waals surface area contributed by atoms with E-state index in [0.717, 1.165) is 11.1 Å². The number of benzene rings is 1. The summed E-state index contributed by atoms with van der Waals surface area (Å²) >= 11 is 0. The molecule has 0 amide bonds. The largest absolute Gasteiger partial charge is 0.384 e. The molecule has 0 unspecified atom stereocenters. The number of aryl methyl sites for hydroxylation is 1. The molecule has 0 aliphatic carbocycles. The Morgan fingerprint density at radius 2 is 2.17 bits per heavy atom. The van der Waals surface area contributed by atoms with Crippen LogP contribution in [0.3, 0.4) is 0 Å². The molecule has 0 aromatic heterocycles. The lowest BCUT2D eigenvalue weighted by Gasteiger charge is -2.17. The Kier molecular flexibility index (Phi) is 3.60. The van der Waals surface area contributed by atoms with Crippen LogP contribution in [0.4, 0.5) is 5.69 Å². The monoisotopic (exact) mass is 265 g/mol. The molecule has 0 atom stereocenters. The molecule has 2 rings (SSSR count). The van der Waals surface area contributed by atoms with E-state index in [9.17, 15) is 8.42 Å². The summed E-state index contributed by atoms with van der Waals surface area (Å²) in [7, 11) is -3.16. The number of aliphatic hydroxyl groups excluding tert-OH is 1. The van der Waals surface area contributed by atoms with E-state index in [-0.39, 0.29) is 12.4 Å². The average Bonchev–Trinajstić information content (AvgIpc) is 2.65. The molecular weight excluding hydrogens is 250 g/mol. The second-order valence-corrected chi connectivity index (χ2v) is 6.27. The maximum atomic E-state index is 11.8. The molecule has 4 nitrogen and oxygen atoms in total. The second-order valence-electron chi connectivity index (χ2n) is 4.26. The van der Waals surface area contributed by atoms with Gasteiger partial charge in [-0.2, -0.15) is 0 Å². The highest BCUT2D eigenvalue weighted by Crippen LogP contribution is 2.25. The van der Waals surface area contributed by atoms with Crippen LogP contribution in [0, 0.1) is 18.8 Å². The number of sulfonamides is 1. The van der Waals surface area contributed by atoms with Crippen LogP contribution in [0.5, 0.6) is 0 Å². The zero-order valence-corrected chi connectivity index (χ0v) is 11.0. The number of hydrogen-bond acceptors (Lipinski definition) is 3. The summed E-state index contributed by atoms with van der Waals surface area (Å²) in [6.45, 7) is 2.22. The molecule has 18 heavy (non-hydrogen) atoms. The maximum absolute atomic E-state index is 11.8. The Bertz CT molecular complexity index is 611. The van der Waals surface area contributed by atoms with Crippen LogP contribution >= 0.6 is 0 Å². The van der Waals surface area contributed by atoms with Gasteiger partial charge in [0.2, 0.25) is 10.0 Å². The lowest BCUT2D eigenvalue weighted by atomic mass is 10.1. The minimum Gasteiger partial charge on any atom is -0.384 e. The number of hydrogen-bond donors (Lipinski definition) is 1. The van der Waals surface area contributed by atoms with Crippen LogP contribution in [0.25, 0.3) is 0 Å². The predicted octanol–water partition coefficient (Wildman–Crippen LogP) is 0.879. The third-order valence-corrected chi connectivity index (χ3v) is 4.63. The van der Waals surface area contributed by atoms with Crippen molar-refractivity contribution in [3.63, 3.8) is 0 Å². The fraction of sp³-hybridized carbons (Fsp3) is 0.385. The van der Waals surface area contributed by atoms with E-state index in [1.165, 1.54) is 4.31 Å². The number of anilines is 1. The van der Waals surface area contributed by atoms with Gasteiger partial charge in [-0.3, -0.25) is 4.31 Å². The summed E-state index contributed by atoms with van der Waals surface area (Å²) in [5.41, 5.74) is 2.34. The minimum atomic E-state index is -3.16. The van der Waals surface area contributed by atoms with Gasteiger partial charge >= 0.3 is 0 Å². The molecule has 0 bridgehead atoms. The number of nitrogens with zero attached hydrogens (tertiary/aromatic N) is 1. The van der Waals surface area contributed by atoms with Gasteiger partial charge in [0.25, 0.3) is 0 Å². The summed E-state index contributed by atoms with van der Waals surface area (Å²) in [6.07, 6.45) is 0.661. The fourth-order valence-corrected chi connectivity index (χ4v) is 3.60. The lowest BCUT2D eigenvalue weighted by Crippen LogP contribution is -2.25. The van der Waals surface area contributed by atoms with Crippen molar-refractivity contribution in [2.75, 3.05) is 23.2 Å². The van der Waals surface area contributed by atoms with E-state index in [4.69, 9.17) is 5.11 Å². The van der Waals surface area contributed by atoms with Gasteiger partial charge in [0.15, 0.2) is 0 Å². The van der Waals surface area contributed by atoms with Crippen molar-refractivity contribution in [3.8, 4) is 11.8 Å². The fourth-order valence-electron chi connectivity index (χ4n) is 2.05. The standard InChI is InChI=1S/C13H15NO3S/c1-11-8-12(4-2-6-15)10-13(9-11)14-5-3-7-18(14,16)17/h8-10,15H,3,5-7H2,1H3. The van der Waals surface area contributed by atoms with Gasteiger partial charge in [0, 0.05) is 12.1 Å². The second kappa shape index (κ2) is 5.01. The first-order chi connectivity index (χ1) is 8.53.